The Morgan fingerprint density at radius 1 is 0.931 bits per heavy atom. The van der Waals surface area contributed by atoms with Crippen LogP contribution in [0.25, 0.3) is 0 Å². The lowest BCUT2D eigenvalue weighted by molar-refractivity contribution is 0.0955. The Hall–Kier alpha value is -3.87. The van der Waals surface area contributed by atoms with E-state index in [0.29, 0.717) is 11.3 Å². The highest BCUT2D eigenvalue weighted by Crippen LogP contribution is 2.25. The van der Waals surface area contributed by atoms with Crippen LogP contribution in [0, 0.1) is 19.7 Å². The molecule has 0 aliphatic heterocycles. The Labute approximate surface area is 167 Å². The number of aryl methyl sites for hydroxylation is 2. The van der Waals surface area contributed by atoms with Gasteiger partial charge in [-0.05, 0) is 79.6 Å². The van der Waals surface area contributed by atoms with E-state index in [0.717, 1.165) is 11.3 Å². The Morgan fingerprint density at radius 2 is 1.59 bits per heavy atom. The van der Waals surface area contributed by atoms with Crippen molar-refractivity contribution in [2.75, 3.05) is 0 Å². The molecule has 1 amide bonds. The molecular formula is C22H19FN4O2. The number of hydrogen-bond donors (Lipinski definition) is 2. The zero-order valence-electron chi connectivity index (χ0n) is 15.9. The van der Waals surface area contributed by atoms with E-state index in [2.05, 4.69) is 20.8 Å². The van der Waals surface area contributed by atoms with Crippen LogP contribution in [0.4, 0.5) is 15.8 Å². The number of halogens is 1. The molecule has 0 radical (unpaired) electrons. The second-order valence-corrected chi connectivity index (χ2v) is 6.42. The van der Waals surface area contributed by atoms with Crippen LogP contribution in [0.5, 0.6) is 5.75 Å². The fourth-order valence-corrected chi connectivity index (χ4v) is 2.44. The van der Waals surface area contributed by atoms with Crippen molar-refractivity contribution >= 4 is 23.5 Å². The Morgan fingerprint density at radius 3 is 2.28 bits per heavy atom. The normalized spacial score (nSPS) is 11.3. The summed E-state index contributed by atoms with van der Waals surface area (Å²) in [5.41, 5.74) is 6.50. The molecule has 0 aliphatic carbocycles. The van der Waals surface area contributed by atoms with Crippen LogP contribution < -0.4 is 5.43 Å². The summed E-state index contributed by atoms with van der Waals surface area (Å²) >= 11 is 0. The minimum Gasteiger partial charge on any atom is -0.507 e. The number of azo groups is 1. The molecule has 6 nitrogen and oxygen atoms in total. The highest BCUT2D eigenvalue weighted by atomic mass is 19.1. The molecule has 0 aliphatic rings. The van der Waals surface area contributed by atoms with E-state index in [4.69, 9.17) is 0 Å². The number of hydrogen-bond acceptors (Lipinski definition) is 5. The van der Waals surface area contributed by atoms with Crippen LogP contribution in [0.15, 0.2) is 76.0 Å². The number of rotatable bonds is 5. The van der Waals surface area contributed by atoms with E-state index >= 15 is 0 Å². The van der Waals surface area contributed by atoms with E-state index in [9.17, 15) is 14.3 Å². The van der Waals surface area contributed by atoms with Crippen LogP contribution in [0.3, 0.4) is 0 Å². The van der Waals surface area contributed by atoms with Gasteiger partial charge in [0.2, 0.25) is 0 Å². The third-order valence-corrected chi connectivity index (χ3v) is 4.26. The Bertz CT molecular complexity index is 1090. The average Bonchev–Trinajstić information content (AvgIpc) is 2.71. The molecule has 0 bridgehead atoms. The lowest BCUT2D eigenvalue weighted by atomic mass is 10.1. The van der Waals surface area contributed by atoms with Gasteiger partial charge in [-0.25, -0.2) is 9.82 Å². The number of amides is 1. The molecule has 2 N–H and O–H groups in total. The number of carbonyl (C=O) groups excluding carboxylic acids is 1. The molecule has 0 saturated heterocycles. The first-order chi connectivity index (χ1) is 13.9. The molecule has 0 spiro atoms. The molecule has 0 atom stereocenters. The van der Waals surface area contributed by atoms with Crippen LogP contribution in [0.1, 0.15) is 27.0 Å². The smallest absolute Gasteiger partial charge is 0.271 e. The molecule has 146 valence electrons. The Balaban J connectivity index is 1.70. The van der Waals surface area contributed by atoms with Crippen LogP contribution in [-0.4, -0.2) is 17.2 Å². The topological polar surface area (TPSA) is 86.4 Å². The number of nitrogens with zero attached hydrogens (tertiary/aromatic N) is 3. The van der Waals surface area contributed by atoms with Crippen molar-refractivity contribution in [3.63, 3.8) is 0 Å². The molecule has 3 aromatic carbocycles. The molecular weight excluding hydrogens is 371 g/mol. The summed E-state index contributed by atoms with van der Waals surface area (Å²) in [6.45, 7) is 4.03. The largest absolute Gasteiger partial charge is 0.507 e. The maximum Gasteiger partial charge on any atom is 0.271 e. The maximum atomic E-state index is 12.9. The van der Waals surface area contributed by atoms with Gasteiger partial charge in [-0.3, -0.25) is 4.79 Å². The van der Waals surface area contributed by atoms with E-state index in [1.54, 1.807) is 12.1 Å². The number of nitrogens with one attached hydrogen (secondary N) is 1. The lowest BCUT2D eigenvalue weighted by Gasteiger charge is -2.02. The highest BCUT2D eigenvalue weighted by molar-refractivity contribution is 5.95. The predicted molar refractivity (Wildman–Crippen MR) is 110 cm³/mol. The van der Waals surface area contributed by atoms with Crippen molar-refractivity contribution in [1.82, 2.24) is 5.43 Å². The number of benzene rings is 3. The van der Waals surface area contributed by atoms with Crippen molar-refractivity contribution in [1.29, 1.82) is 0 Å². The molecule has 3 rings (SSSR count). The summed E-state index contributed by atoms with van der Waals surface area (Å²) in [4.78, 5) is 12.0. The average molecular weight is 390 g/mol. The van der Waals surface area contributed by atoms with Gasteiger partial charge in [0.25, 0.3) is 5.91 Å². The second-order valence-electron chi connectivity index (χ2n) is 6.42. The van der Waals surface area contributed by atoms with Gasteiger partial charge < -0.3 is 5.11 Å². The van der Waals surface area contributed by atoms with Gasteiger partial charge in [0.15, 0.2) is 0 Å². The number of phenolic OH excluding ortho intramolecular Hbond substituents is 1. The molecule has 0 unspecified atom stereocenters. The van der Waals surface area contributed by atoms with Gasteiger partial charge in [0, 0.05) is 11.1 Å². The molecule has 7 heteroatoms. The zero-order chi connectivity index (χ0) is 20.8. The molecule has 0 saturated carbocycles. The number of phenols is 1. The van der Waals surface area contributed by atoms with Gasteiger partial charge >= 0.3 is 0 Å². The Kier molecular flexibility index (Phi) is 6.09. The number of carbonyl (C=O) groups is 1. The third-order valence-electron chi connectivity index (χ3n) is 4.26. The monoisotopic (exact) mass is 390 g/mol. The maximum absolute atomic E-state index is 12.9. The molecule has 0 fully saturated rings. The van der Waals surface area contributed by atoms with Crippen LogP contribution in [0.2, 0.25) is 0 Å². The summed E-state index contributed by atoms with van der Waals surface area (Å²) in [7, 11) is 0. The fraction of sp³-hybridized carbons (Fsp3) is 0.0909. The highest BCUT2D eigenvalue weighted by Gasteiger charge is 2.05. The first-order valence-electron chi connectivity index (χ1n) is 8.83. The summed E-state index contributed by atoms with van der Waals surface area (Å²) in [5.74, 6) is -0.942. The van der Waals surface area contributed by atoms with E-state index in [-0.39, 0.29) is 11.3 Å². The lowest BCUT2D eigenvalue weighted by Crippen LogP contribution is -2.17. The summed E-state index contributed by atoms with van der Waals surface area (Å²) in [5, 5.41) is 22.2. The first-order valence-corrected chi connectivity index (χ1v) is 8.83. The molecule has 29 heavy (non-hydrogen) atoms. The quantitative estimate of drug-likeness (QED) is 0.351. The second kappa shape index (κ2) is 8.88. The molecule has 0 aromatic heterocycles. The van der Waals surface area contributed by atoms with Crippen LogP contribution in [-0.2, 0) is 0 Å². The van der Waals surface area contributed by atoms with Crippen molar-refractivity contribution in [2.24, 2.45) is 15.3 Å². The van der Waals surface area contributed by atoms with E-state index < -0.39 is 11.7 Å². The number of hydrazone groups is 1. The van der Waals surface area contributed by atoms with Gasteiger partial charge in [0.05, 0.1) is 17.6 Å². The minimum atomic E-state index is -0.494. The molecule has 3 aromatic rings. The summed E-state index contributed by atoms with van der Waals surface area (Å²) < 4.78 is 12.9. The summed E-state index contributed by atoms with van der Waals surface area (Å²) in [6, 6.07) is 15.5. The number of aromatic hydroxyl groups is 1. The van der Waals surface area contributed by atoms with Crippen molar-refractivity contribution < 1.29 is 14.3 Å². The van der Waals surface area contributed by atoms with Crippen molar-refractivity contribution in [2.45, 2.75) is 13.8 Å². The van der Waals surface area contributed by atoms with Gasteiger partial charge in [-0.15, -0.1) is 0 Å². The zero-order valence-corrected chi connectivity index (χ0v) is 15.9. The van der Waals surface area contributed by atoms with Gasteiger partial charge in [-0.1, -0.05) is 6.07 Å². The SMILES string of the molecule is Cc1ccc(N=Nc2ccc(O)c(C=NNC(=O)c3ccc(F)cc3)c2)cc1C. The standard InChI is InChI=1S/C22H19FN4O2/c1-14-3-8-19(11-15(14)2)25-26-20-9-10-21(28)17(12-20)13-24-27-22(29)16-4-6-18(23)7-5-16/h3-13,28H,1-2H3,(H,27,29). The third kappa shape index (κ3) is 5.32. The van der Waals surface area contributed by atoms with Crippen molar-refractivity contribution in [3.8, 4) is 5.75 Å². The molecule has 0 heterocycles. The predicted octanol–water partition coefficient (Wildman–Crippen LogP) is 5.33. The van der Waals surface area contributed by atoms with Crippen LogP contribution >= 0.6 is 0 Å². The minimum absolute atomic E-state index is 0.0186. The van der Waals surface area contributed by atoms with E-state index in [1.807, 2.05) is 32.0 Å². The summed E-state index contributed by atoms with van der Waals surface area (Å²) in [6.07, 6.45) is 1.30. The van der Waals surface area contributed by atoms with Crippen molar-refractivity contribution in [3.05, 3.63) is 88.7 Å². The fourth-order valence-electron chi connectivity index (χ4n) is 2.44. The first kappa shape index (κ1) is 19.9. The van der Waals surface area contributed by atoms with E-state index in [1.165, 1.54) is 42.1 Å². The van der Waals surface area contributed by atoms with Gasteiger partial charge in [0.1, 0.15) is 11.6 Å². The van der Waals surface area contributed by atoms with Gasteiger partial charge in [-0.2, -0.15) is 15.3 Å².